The van der Waals surface area contributed by atoms with Crippen molar-refractivity contribution in [2.45, 2.75) is 71.8 Å². The molecule has 0 aliphatic carbocycles. The Bertz CT molecular complexity index is 287. The van der Waals surface area contributed by atoms with Crippen molar-refractivity contribution in [1.29, 1.82) is 0 Å². The van der Waals surface area contributed by atoms with Crippen molar-refractivity contribution in [3.05, 3.63) is 30.1 Å². The summed E-state index contributed by atoms with van der Waals surface area (Å²) in [4.78, 5) is 0. The van der Waals surface area contributed by atoms with Gasteiger partial charge in [0.05, 0.1) is 0 Å². The number of rotatable bonds is 8. The molecule has 1 nitrogen and oxygen atoms in total. The topological polar surface area (TPSA) is 3.88 Å². The average Bonchev–Trinajstić information content (AvgIpc) is 2.34. The Labute approximate surface area is 107 Å². The van der Waals surface area contributed by atoms with E-state index < -0.39 is 0 Å². The van der Waals surface area contributed by atoms with Crippen LogP contribution >= 0.6 is 0 Å². The largest absolute Gasteiger partial charge is 0.205 e. The lowest BCUT2D eigenvalue weighted by Crippen LogP contribution is -2.32. The Morgan fingerprint density at radius 2 is 1.53 bits per heavy atom. The van der Waals surface area contributed by atoms with Crippen LogP contribution < -0.4 is 4.57 Å². The van der Waals surface area contributed by atoms with E-state index in [0.29, 0.717) is 5.92 Å². The summed E-state index contributed by atoms with van der Waals surface area (Å²) < 4.78 is 2.31. The summed E-state index contributed by atoms with van der Waals surface area (Å²) in [6, 6.07) is 4.50. The second-order valence-electron chi connectivity index (χ2n) is 5.29. The fourth-order valence-corrected chi connectivity index (χ4v) is 2.08. The van der Waals surface area contributed by atoms with Gasteiger partial charge in [-0.25, -0.2) is 4.57 Å². The van der Waals surface area contributed by atoms with Crippen LogP contribution in [0.1, 0.15) is 70.8 Å². The number of aryl methyl sites for hydroxylation is 1. The summed E-state index contributed by atoms with van der Waals surface area (Å²) in [7, 11) is 0. The predicted octanol–water partition coefficient (Wildman–Crippen LogP) is 4.46. The Balaban J connectivity index is 2.19. The third-order valence-corrected chi connectivity index (χ3v) is 3.35. The molecule has 0 aliphatic rings. The monoisotopic (exact) mass is 234 g/mol. The van der Waals surface area contributed by atoms with Gasteiger partial charge in [-0.1, -0.05) is 46.5 Å². The second-order valence-corrected chi connectivity index (χ2v) is 5.29. The normalized spacial score (nSPS) is 11.1. The molecule has 96 valence electrons. The molecular formula is C16H28N+. The van der Waals surface area contributed by atoms with Crippen LogP contribution in [0.4, 0.5) is 0 Å². The highest BCUT2D eigenvalue weighted by molar-refractivity contribution is 5.11. The maximum absolute atomic E-state index is 2.31. The highest BCUT2D eigenvalue weighted by Crippen LogP contribution is 2.11. The highest BCUT2D eigenvalue weighted by atomic mass is 14.9. The van der Waals surface area contributed by atoms with Gasteiger partial charge in [-0.2, -0.15) is 0 Å². The number of aromatic nitrogens is 1. The molecule has 1 rings (SSSR count). The molecule has 1 heterocycles. The molecule has 0 saturated carbocycles. The molecule has 0 amide bonds. The highest BCUT2D eigenvalue weighted by Gasteiger charge is 2.03. The first-order chi connectivity index (χ1) is 8.24. The van der Waals surface area contributed by atoms with Crippen molar-refractivity contribution < 1.29 is 4.57 Å². The lowest BCUT2D eigenvalue weighted by atomic mass is 10.1. The Hall–Kier alpha value is -0.850. The molecule has 1 aromatic rings. The first-order valence-corrected chi connectivity index (χ1v) is 7.23. The summed E-state index contributed by atoms with van der Waals surface area (Å²) in [5, 5.41) is 0. The van der Waals surface area contributed by atoms with Crippen LogP contribution in [0.2, 0.25) is 0 Å². The van der Waals surface area contributed by atoms with Gasteiger partial charge in [0, 0.05) is 18.6 Å². The van der Waals surface area contributed by atoms with E-state index in [0.717, 1.165) is 0 Å². The Morgan fingerprint density at radius 1 is 0.941 bits per heavy atom. The first kappa shape index (κ1) is 14.2. The standard InChI is InChI=1S/C16H28N/c1-4-5-6-7-8-9-12-17-13-10-16(11-14-17)15(2)3/h10-11,13-15H,4-9,12H2,1-3H3/q+1. The van der Waals surface area contributed by atoms with Gasteiger partial charge < -0.3 is 0 Å². The molecule has 0 atom stereocenters. The fourth-order valence-electron chi connectivity index (χ4n) is 2.08. The van der Waals surface area contributed by atoms with Gasteiger partial charge >= 0.3 is 0 Å². The van der Waals surface area contributed by atoms with Crippen LogP contribution in [-0.2, 0) is 6.54 Å². The summed E-state index contributed by atoms with van der Waals surface area (Å²) in [6.45, 7) is 7.93. The van der Waals surface area contributed by atoms with Crippen LogP contribution in [0.15, 0.2) is 24.5 Å². The summed E-state index contributed by atoms with van der Waals surface area (Å²) in [6.07, 6.45) is 12.7. The van der Waals surface area contributed by atoms with E-state index >= 15 is 0 Å². The maximum Gasteiger partial charge on any atom is 0.169 e. The van der Waals surface area contributed by atoms with Crippen molar-refractivity contribution in [2.24, 2.45) is 0 Å². The van der Waals surface area contributed by atoms with Crippen LogP contribution in [-0.4, -0.2) is 0 Å². The quantitative estimate of drug-likeness (QED) is 0.462. The SMILES string of the molecule is CCCCCCCC[n+]1ccc(C(C)C)cc1. The summed E-state index contributed by atoms with van der Waals surface area (Å²) >= 11 is 0. The van der Waals surface area contributed by atoms with E-state index in [1.54, 1.807) is 0 Å². The number of hydrogen-bond donors (Lipinski definition) is 0. The van der Waals surface area contributed by atoms with Gasteiger partial charge in [-0.05, 0) is 17.9 Å². The molecule has 0 saturated heterocycles. The van der Waals surface area contributed by atoms with Crippen molar-refractivity contribution in [3.8, 4) is 0 Å². The van der Waals surface area contributed by atoms with Gasteiger partial charge in [-0.15, -0.1) is 0 Å². The molecule has 0 fully saturated rings. The minimum atomic E-state index is 0.638. The zero-order chi connectivity index (χ0) is 12.5. The van der Waals surface area contributed by atoms with E-state index in [2.05, 4.69) is 49.9 Å². The molecule has 0 radical (unpaired) electrons. The molecule has 0 N–H and O–H groups in total. The summed E-state index contributed by atoms with van der Waals surface area (Å²) in [5.74, 6) is 0.638. The second kappa shape index (κ2) is 8.27. The van der Waals surface area contributed by atoms with Crippen molar-refractivity contribution >= 4 is 0 Å². The summed E-state index contributed by atoms with van der Waals surface area (Å²) in [5.41, 5.74) is 1.43. The van der Waals surface area contributed by atoms with Gasteiger partial charge in [-0.3, -0.25) is 0 Å². The molecule has 1 aromatic heterocycles. The zero-order valence-corrected chi connectivity index (χ0v) is 11.8. The van der Waals surface area contributed by atoms with Crippen LogP contribution in [0.3, 0.4) is 0 Å². The van der Waals surface area contributed by atoms with Crippen LogP contribution in [0.5, 0.6) is 0 Å². The molecule has 0 aliphatic heterocycles. The lowest BCUT2D eigenvalue weighted by molar-refractivity contribution is -0.697. The maximum atomic E-state index is 2.31. The first-order valence-electron chi connectivity index (χ1n) is 7.23. The van der Waals surface area contributed by atoms with Crippen molar-refractivity contribution in [3.63, 3.8) is 0 Å². The van der Waals surface area contributed by atoms with Crippen LogP contribution in [0, 0.1) is 0 Å². The van der Waals surface area contributed by atoms with Gasteiger partial charge in [0.15, 0.2) is 12.4 Å². The number of unbranched alkanes of at least 4 members (excludes halogenated alkanes) is 5. The van der Waals surface area contributed by atoms with Crippen molar-refractivity contribution in [2.75, 3.05) is 0 Å². The van der Waals surface area contributed by atoms with E-state index in [4.69, 9.17) is 0 Å². The Morgan fingerprint density at radius 3 is 2.12 bits per heavy atom. The third kappa shape index (κ3) is 5.86. The average molecular weight is 234 g/mol. The number of hydrogen-bond acceptors (Lipinski definition) is 0. The molecule has 17 heavy (non-hydrogen) atoms. The van der Waals surface area contributed by atoms with E-state index in [1.807, 2.05) is 0 Å². The zero-order valence-electron chi connectivity index (χ0n) is 11.8. The van der Waals surface area contributed by atoms with E-state index in [9.17, 15) is 0 Å². The molecule has 0 bridgehead atoms. The van der Waals surface area contributed by atoms with Gasteiger partial charge in [0.25, 0.3) is 0 Å². The number of pyridine rings is 1. The number of nitrogens with zero attached hydrogens (tertiary/aromatic N) is 1. The Kier molecular flexibility index (Phi) is 6.91. The van der Waals surface area contributed by atoms with E-state index in [1.165, 1.54) is 50.6 Å². The predicted molar refractivity (Wildman–Crippen MR) is 74.1 cm³/mol. The van der Waals surface area contributed by atoms with E-state index in [-0.39, 0.29) is 0 Å². The van der Waals surface area contributed by atoms with Crippen LogP contribution in [0.25, 0.3) is 0 Å². The van der Waals surface area contributed by atoms with Gasteiger partial charge in [0.2, 0.25) is 0 Å². The smallest absolute Gasteiger partial charge is 0.169 e. The molecule has 0 aromatic carbocycles. The molecule has 0 unspecified atom stereocenters. The molecule has 0 spiro atoms. The molecule has 1 heteroatoms. The lowest BCUT2D eigenvalue weighted by Gasteiger charge is -2.03. The van der Waals surface area contributed by atoms with Gasteiger partial charge in [0.1, 0.15) is 6.54 Å². The fraction of sp³-hybridized carbons (Fsp3) is 0.688. The minimum Gasteiger partial charge on any atom is -0.205 e. The van der Waals surface area contributed by atoms with Crippen molar-refractivity contribution in [1.82, 2.24) is 0 Å². The third-order valence-electron chi connectivity index (χ3n) is 3.35. The molecular weight excluding hydrogens is 206 g/mol. The minimum absolute atomic E-state index is 0.638.